The van der Waals surface area contributed by atoms with Crippen LogP contribution in [-0.4, -0.2) is 11.8 Å². The second-order valence-electron chi connectivity index (χ2n) is 6.51. The molecule has 0 atom stereocenters. The quantitative estimate of drug-likeness (QED) is 0.679. The van der Waals surface area contributed by atoms with Crippen molar-refractivity contribution in [1.82, 2.24) is 5.32 Å². The Bertz CT molecular complexity index is 758. The lowest BCUT2D eigenvalue weighted by atomic mass is 9.85. The van der Waals surface area contributed by atoms with Crippen molar-refractivity contribution in [3.05, 3.63) is 59.7 Å². The zero-order valence-electron chi connectivity index (χ0n) is 14.5. The third-order valence-corrected chi connectivity index (χ3v) is 4.50. The van der Waals surface area contributed by atoms with E-state index >= 15 is 0 Å². The standard InChI is InChI=1S/C20H23N3O2.ClH/c21-17-9-7-14(8-10-17)12-19(24)22-13-15-3-1-6-18(11-15)23-20(25)16-4-2-5-16;/h1,3,6-11,16H,2,4-5,12-13,21H2,(H,22,24)(H,23,25);1H. The molecule has 138 valence electrons. The lowest BCUT2D eigenvalue weighted by Gasteiger charge is -2.24. The first-order valence-electron chi connectivity index (χ1n) is 8.61. The summed E-state index contributed by atoms with van der Waals surface area (Å²) in [6, 6.07) is 14.9. The van der Waals surface area contributed by atoms with Gasteiger partial charge in [-0.15, -0.1) is 12.4 Å². The van der Waals surface area contributed by atoms with Crippen molar-refractivity contribution in [3.63, 3.8) is 0 Å². The first-order valence-corrected chi connectivity index (χ1v) is 8.61. The van der Waals surface area contributed by atoms with Gasteiger partial charge in [0.25, 0.3) is 0 Å². The van der Waals surface area contributed by atoms with Crippen LogP contribution in [0, 0.1) is 5.92 Å². The van der Waals surface area contributed by atoms with Crippen molar-refractivity contribution in [3.8, 4) is 0 Å². The molecule has 26 heavy (non-hydrogen) atoms. The third kappa shape index (κ3) is 5.49. The molecule has 1 aliphatic rings. The van der Waals surface area contributed by atoms with E-state index in [0.717, 1.165) is 36.1 Å². The highest BCUT2D eigenvalue weighted by atomic mass is 35.5. The van der Waals surface area contributed by atoms with E-state index in [2.05, 4.69) is 10.6 Å². The molecule has 3 rings (SSSR count). The van der Waals surface area contributed by atoms with E-state index in [1.807, 2.05) is 36.4 Å². The molecular weight excluding hydrogens is 350 g/mol. The number of carbonyl (C=O) groups is 2. The van der Waals surface area contributed by atoms with Crippen LogP contribution in [0.15, 0.2) is 48.5 Å². The fourth-order valence-electron chi connectivity index (χ4n) is 2.76. The molecule has 2 aromatic carbocycles. The molecule has 0 heterocycles. The largest absolute Gasteiger partial charge is 0.399 e. The van der Waals surface area contributed by atoms with Crippen LogP contribution in [0.2, 0.25) is 0 Å². The van der Waals surface area contributed by atoms with Gasteiger partial charge in [0.05, 0.1) is 6.42 Å². The predicted octanol–water partition coefficient (Wildman–Crippen LogP) is 3.29. The number of amides is 2. The molecule has 0 radical (unpaired) electrons. The molecule has 0 aliphatic heterocycles. The number of halogens is 1. The number of nitrogens with one attached hydrogen (secondary N) is 2. The average molecular weight is 374 g/mol. The van der Waals surface area contributed by atoms with Crippen LogP contribution >= 0.6 is 12.4 Å². The van der Waals surface area contributed by atoms with Gasteiger partial charge < -0.3 is 16.4 Å². The maximum Gasteiger partial charge on any atom is 0.227 e. The molecule has 1 saturated carbocycles. The molecule has 4 N–H and O–H groups in total. The number of hydrogen-bond donors (Lipinski definition) is 3. The smallest absolute Gasteiger partial charge is 0.227 e. The SMILES string of the molecule is Cl.Nc1ccc(CC(=O)NCc2cccc(NC(=O)C3CCC3)c2)cc1. The number of carbonyl (C=O) groups excluding carboxylic acids is 2. The molecule has 5 nitrogen and oxygen atoms in total. The summed E-state index contributed by atoms with van der Waals surface area (Å²) in [5, 5.41) is 5.86. The van der Waals surface area contributed by atoms with Gasteiger partial charge in [0.1, 0.15) is 0 Å². The number of rotatable bonds is 6. The van der Waals surface area contributed by atoms with Crippen LogP contribution in [0.1, 0.15) is 30.4 Å². The molecule has 0 saturated heterocycles. The summed E-state index contributed by atoms with van der Waals surface area (Å²) < 4.78 is 0. The van der Waals surface area contributed by atoms with Gasteiger partial charge in [0, 0.05) is 23.8 Å². The molecule has 2 aromatic rings. The summed E-state index contributed by atoms with van der Waals surface area (Å²) in [4.78, 5) is 24.1. The monoisotopic (exact) mass is 373 g/mol. The molecule has 0 spiro atoms. The molecule has 0 aromatic heterocycles. The zero-order valence-corrected chi connectivity index (χ0v) is 15.4. The normalized spacial score (nSPS) is 13.2. The fraction of sp³-hybridized carbons (Fsp3) is 0.300. The van der Waals surface area contributed by atoms with Gasteiger partial charge in [0.15, 0.2) is 0 Å². The van der Waals surface area contributed by atoms with Gasteiger partial charge in [-0.3, -0.25) is 9.59 Å². The van der Waals surface area contributed by atoms with Gasteiger partial charge in [-0.1, -0.05) is 30.7 Å². The Hall–Kier alpha value is -2.53. The summed E-state index contributed by atoms with van der Waals surface area (Å²) in [5.74, 6) is 0.202. The summed E-state index contributed by atoms with van der Waals surface area (Å²) in [5.41, 5.74) is 8.99. The van der Waals surface area contributed by atoms with E-state index < -0.39 is 0 Å². The maximum atomic E-state index is 12.1. The predicted molar refractivity (Wildman–Crippen MR) is 106 cm³/mol. The van der Waals surface area contributed by atoms with Crippen molar-refractivity contribution in [2.75, 3.05) is 11.1 Å². The van der Waals surface area contributed by atoms with E-state index in [1.165, 1.54) is 0 Å². The van der Waals surface area contributed by atoms with Gasteiger partial charge in [0.2, 0.25) is 11.8 Å². The van der Waals surface area contributed by atoms with Gasteiger partial charge in [-0.25, -0.2) is 0 Å². The molecule has 2 amide bonds. The second kappa shape index (κ2) is 9.25. The Morgan fingerprint density at radius 1 is 1.04 bits per heavy atom. The molecule has 1 fully saturated rings. The van der Waals surface area contributed by atoms with Gasteiger partial charge >= 0.3 is 0 Å². The van der Waals surface area contributed by atoms with Crippen molar-refractivity contribution in [1.29, 1.82) is 0 Å². The molecule has 1 aliphatic carbocycles. The number of nitrogens with two attached hydrogens (primary N) is 1. The van der Waals surface area contributed by atoms with Crippen LogP contribution in [0.4, 0.5) is 11.4 Å². The van der Waals surface area contributed by atoms with Crippen molar-refractivity contribution in [2.45, 2.75) is 32.2 Å². The third-order valence-electron chi connectivity index (χ3n) is 4.50. The minimum Gasteiger partial charge on any atom is -0.399 e. The van der Waals surface area contributed by atoms with Crippen LogP contribution in [0.25, 0.3) is 0 Å². The van der Waals surface area contributed by atoms with Crippen LogP contribution in [0.5, 0.6) is 0 Å². The lowest BCUT2D eigenvalue weighted by Crippen LogP contribution is -2.28. The summed E-state index contributed by atoms with van der Waals surface area (Å²) in [6.07, 6.45) is 3.41. The van der Waals surface area contributed by atoms with Crippen molar-refractivity contribution >= 4 is 35.6 Å². The van der Waals surface area contributed by atoms with Gasteiger partial charge in [-0.2, -0.15) is 0 Å². The Morgan fingerprint density at radius 2 is 1.77 bits per heavy atom. The lowest BCUT2D eigenvalue weighted by molar-refractivity contribution is -0.122. The Labute approximate surface area is 159 Å². The number of benzene rings is 2. The van der Waals surface area contributed by atoms with Crippen LogP contribution < -0.4 is 16.4 Å². The van der Waals surface area contributed by atoms with Gasteiger partial charge in [-0.05, 0) is 48.2 Å². The van der Waals surface area contributed by atoms with E-state index in [4.69, 9.17) is 5.73 Å². The highest BCUT2D eigenvalue weighted by molar-refractivity contribution is 5.93. The Morgan fingerprint density at radius 3 is 2.42 bits per heavy atom. The minimum absolute atomic E-state index is 0. The highest BCUT2D eigenvalue weighted by Gasteiger charge is 2.25. The minimum atomic E-state index is -0.0475. The van der Waals surface area contributed by atoms with E-state index in [1.54, 1.807) is 12.1 Å². The highest BCUT2D eigenvalue weighted by Crippen LogP contribution is 2.27. The van der Waals surface area contributed by atoms with Crippen LogP contribution in [0.3, 0.4) is 0 Å². The maximum absolute atomic E-state index is 12.1. The first-order chi connectivity index (χ1) is 12.1. The van der Waals surface area contributed by atoms with E-state index in [0.29, 0.717) is 18.7 Å². The fourth-order valence-corrected chi connectivity index (χ4v) is 2.76. The molecule has 0 bridgehead atoms. The average Bonchev–Trinajstić information content (AvgIpc) is 2.54. The Balaban J connectivity index is 0.00000243. The number of nitrogen functional groups attached to an aromatic ring is 1. The summed E-state index contributed by atoms with van der Waals surface area (Å²) in [6.45, 7) is 0.431. The number of hydrogen-bond acceptors (Lipinski definition) is 3. The molecule has 6 heteroatoms. The Kier molecular flexibility index (Phi) is 7.04. The summed E-state index contributed by atoms with van der Waals surface area (Å²) in [7, 11) is 0. The second-order valence-corrected chi connectivity index (χ2v) is 6.51. The zero-order chi connectivity index (χ0) is 17.6. The van der Waals surface area contributed by atoms with E-state index in [9.17, 15) is 9.59 Å². The molecular formula is C20H24ClN3O2. The summed E-state index contributed by atoms with van der Waals surface area (Å²) >= 11 is 0. The van der Waals surface area contributed by atoms with Crippen molar-refractivity contribution < 1.29 is 9.59 Å². The molecule has 0 unspecified atom stereocenters. The topological polar surface area (TPSA) is 84.2 Å². The van der Waals surface area contributed by atoms with Crippen LogP contribution in [-0.2, 0) is 22.6 Å². The van der Waals surface area contributed by atoms with Crippen molar-refractivity contribution in [2.24, 2.45) is 5.92 Å². The van der Waals surface area contributed by atoms with E-state index in [-0.39, 0.29) is 30.1 Å². The number of anilines is 2. The first kappa shape index (κ1) is 19.8.